The summed E-state index contributed by atoms with van der Waals surface area (Å²) in [5.74, 6) is 2.43. The molecule has 2 N–H and O–H groups in total. The molecule has 1 heterocycles. The predicted molar refractivity (Wildman–Crippen MR) is 123 cm³/mol. The van der Waals surface area contributed by atoms with Gasteiger partial charge in [-0.2, -0.15) is 11.8 Å². The van der Waals surface area contributed by atoms with E-state index in [9.17, 15) is 8.42 Å². The van der Waals surface area contributed by atoms with Crippen LogP contribution in [0.5, 0.6) is 0 Å². The van der Waals surface area contributed by atoms with E-state index in [0.29, 0.717) is 32.1 Å². The van der Waals surface area contributed by atoms with Gasteiger partial charge in [0.15, 0.2) is 5.96 Å². The molecule has 1 fully saturated rings. The summed E-state index contributed by atoms with van der Waals surface area (Å²) in [4.78, 5) is 4.13. The standard InChI is InChI=1S/C16H25ClN4O2S2.HI/c1-18-16(19-6-5-14-3-2-4-15(17)13-14)20-7-12-25(22,23)21-8-10-24-11-9-21;/h2-4,13H,5-12H2,1H3,(H2,18,19,20);1H. The smallest absolute Gasteiger partial charge is 0.215 e. The highest BCUT2D eigenvalue weighted by Gasteiger charge is 2.23. The fourth-order valence-corrected chi connectivity index (χ4v) is 5.19. The average Bonchev–Trinajstić information content (AvgIpc) is 2.61. The van der Waals surface area contributed by atoms with E-state index in [4.69, 9.17) is 11.6 Å². The quantitative estimate of drug-likeness (QED) is 0.319. The number of nitrogens with one attached hydrogen (secondary N) is 2. The summed E-state index contributed by atoms with van der Waals surface area (Å²) in [6, 6.07) is 7.73. The minimum Gasteiger partial charge on any atom is -0.356 e. The molecule has 1 aromatic rings. The fraction of sp³-hybridized carbons (Fsp3) is 0.562. The topological polar surface area (TPSA) is 73.8 Å². The van der Waals surface area contributed by atoms with E-state index >= 15 is 0 Å². The van der Waals surface area contributed by atoms with Gasteiger partial charge >= 0.3 is 0 Å². The molecule has 1 aromatic carbocycles. The first-order chi connectivity index (χ1) is 12.0. The Balaban J connectivity index is 0.00000338. The summed E-state index contributed by atoms with van der Waals surface area (Å²) in [5.41, 5.74) is 1.14. The van der Waals surface area contributed by atoms with E-state index in [-0.39, 0.29) is 29.7 Å². The zero-order chi connectivity index (χ0) is 18.1. The van der Waals surface area contributed by atoms with Gasteiger partial charge in [-0.3, -0.25) is 4.99 Å². The van der Waals surface area contributed by atoms with Gasteiger partial charge in [0.25, 0.3) is 0 Å². The van der Waals surface area contributed by atoms with Crippen molar-refractivity contribution in [1.82, 2.24) is 14.9 Å². The molecule has 1 saturated heterocycles. The summed E-state index contributed by atoms with van der Waals surface area (Å²) >= 11 is 7.77. The largest absolute Gasteiger partial charge is 0.356 e. The second kappa shape index (κ2) is 12.3. The highest BCUT2D eigenvalue weighted by Crippen LogP contribution is 2.13. The maximum absolute atomic E-state index is 12.3. The first kappa shape index (κ1) is 23.8. The Morgan fingerprint density at radius 3 is 2.62 bits per heavy atom. The van der Waals surface area contributed by atoms with Crippen molar-refractivity contribution in [3.8, 4) is 0 Å². The van der Waals surface area contributed by atoms with Crippen LogP contribution < -0.4 is 10.6 Å². The molecule has 26 heavy (non-hydrogen) atoms. The van der Waals surface area contributed by atoms with Crippen molar-refractivity contribution in [3.63, 3.8) is 0 Å². The van der Waals surface area contributed by atoms with E-state index < -0.39 is 10.0 Å². The SMILES string of the molecule is CN=C(NCCc1cccc(Cl)c1)NCCS(=O)(=O)N1CCSCC1.I. The van der Waals surface area contributed by atoms with Gasteiger partial charge in [0.1, 0.15) is 0 Å². The van der Waals surface area contributed by atoms with Gasteiger partial charge in [0, 0.05) is 49.8 Å². The Labute approximate surface area is 182 Å². The first-order valence-corrected chi connectivity index (χ1v) is 11.4. The number of hydrogen-bond acceptors (Lipinski definition) is 4. The predicted octanol–water partition coefficient (Wildman–Crippen LogP) is 2.04. The summed E-state index contributed by atoms with van der Waals surface area (Å²) in [7, 11) is -1.52. The van der Waals surface area contributed by atoms with Gasteiger partial charge in [-0.25, -0.2) is 12.7 Å². The highest BCUT2D eigenvalue weighted by molar-refractivity contribution is 14.0. The monoisotopic (exact) mass is 532 g/mol. The second-order valence-corrected chi connectivity index (χ2v) is 9.38. The molecule has 0 spiro atoms. The molecule has 6 nitrogen and oxygen atoms in total. The number of benzene rings is 1. The van der Waals surface area contributed by atoms with Gasteiger partial charge in [0.05, 0.1) is 5.75 Å². The number of sulfonamides is 1. The van der Waals surface area contributed by atoms with Crippen molar-refractivity contribution in [1.29, 1.82) is 0 Å². The lowest BCUT2D eigenvalue weighted by molar-refractivity contribution is 0.443. The van der Waals surface area contributed by atoms with Crippen LogP contribution in [0.3, 0.4) is 0 Å². The van der Waals surface area contributed by atoms with E-state index in [2.05, 4.69) is 15.6 Å². The minimum atomic E-state index is -3.20. The highest BCUT2D eigenvalue weighted by atomic mass is 127. The maximum atomic E-state index is 12.3. The molecule has 0 bridgehead atoms. The third-order valence-corrected chi connectivity index (χ3v) is 6.88. The summed E-state index contributed by atoms with van der Waals surface area (Å²) in [6.45, 7) is 2.25. The maximum Gasteiger partial charge on any atom is 0.215 e. The van der Waals surface area contributed by atoms with Gasteiger partial charge in [-0.05, 0) is 24.1 Å². The molecule has 0 aliphatic carbocycles. The lowest BCUT2D eigenvalue weighted by atomic mass is 10.1. The van der Waals surface area contributed by atoms with Gasteiger partial charge in [0.2, 0.25) is 10.0 Å². The third kappa shape index (κ3) is 8.20. The molecule has 0 atom stereocenters. The van der Waals surface area contributed by atoms with E-state index in [1.165, 1.54) is 0 Å². The van der Waals surface area contributed by atoms with Crippen LogP contribution in [0.2, 0.25) is 5.02 Å². The molecular formula is C16H26ClIN4O2S2. The van der Waals surface area contributed by atoms with Crippen molar-refractivity contribution < 1.29 is 8.42 Å². The van der Waals surface area contributed by atoms with Crippen molar-refractivity contribution in [2.45, 2.75) is 6.42 Å². The van der Waals surface area contributed by atoms with Crippen LogP contribution in [0.4, 0.5) is 0 Å². The zero-order valence-electron chi connectivity index (χ0n) is 14.8. The molecule has 10 heteroatoms. The van der Waals surface area contributed by atoms with Crippen LogP contribution in [0.1, 0.15) is 5.56 Å². The molecule has 0 saturated carbocycles. The number of guanidine groups is 1. The molecule has 0 aromatic heterocycles. The van der Waals surface area contributed by atoms with E-state index in [0.717, 1.165) is 28.5 Å². The van der Waals surface area contributed by atoms with Gasteiger partial charge in [-0.15, -0.1) is 24.0 Å². The molecule has 1 aliphatic rings. The number of thioether (sulfide) groups is 1. The molecule has 0 amide bonds. The molecule has 2 rings (SSSR count). The lowest BCUT2D eigenvalue weighted by Gasteiger charge is -2.25. The molecule has 148 valence electrons. The Hall–Kier alpha value is -0.230. The Morgan fingerprint density at radius 1 is 1.27 bits per heavy atom. The van der Waals surface area contributed by atoms with E-state index in [1.807, 2.05) is 24.3 Å². The number of nitrogens with zero attached hydrogens (tertiary/aromatic N) is 2. The van der Waals surface area contributed by atoms with Gasteiger partial charge < -0.3 is 10.6 Å². The molecule has 0 radical (unpaired) electrons. The van der Waals surface area contributed by atoms with E-state index in [1.54, 1.807) is 23.1 Å². The number of hydrogen-bond donors (Lipinski definition) is 2. The number of halogens is 2. The van der Waals surface area contributed by atoms with Crippen LogP contribution in [-0.4, -0.2) is 69.2 Å². The van der Waals surface area contributed by atoms with Crippen molar-refractivity contribution >= 4 is 63.3 Å². The summed E-state index contributed by atoms with van der Waals surface area (Å²) in [5, 5.41) is 6.97. The average molecular weight is 533 g/mol. The zero-order valence-corrected chi connectivity index (χ0v) is 19.5. The molecule has 1 aliphatic heterocycles. The first-order valence-electron chi connectivity index (χ1n) is 8.26. The Bertz CT molecular complexity index is 683. The number of aliphatic imine (C=N–C) groups is 1. The normalized spacial score (nSPS) is 16.0. The third-order valence-electron chi connectivity index (χ3n) is 3.83. The van der Waals surface area contributed by atoms with Crippen molar-refractivity contribution in [2.75, 3.05) is 50.5 Å². The lowest BCUT2D eigenvalue weighted by Crippen LogP contribution is -2.44. The minimum absolute atomic E-state index is 0. The van der Waals surface area contributed by atoms with Crippen molar-refractivity contribution in [3.05, 3.63) is 34.9 Å². The molecule has 0 unspecified atom stereocenters. The van der Waals surface area contributed by atoms with Crippen LogP contribution in [0.15, 0.2) is 29.3 Å². The summed E-state index contributed by atoms with van der Waals surface area (Å²) < 4.78 is 26.2. The van der Waals surface area contributed by atoms with Crippen LogP contribution in [-0.2, 0) is 16.4 Å². The number of rotatable bonds is 7. The van der Waals surface area contributed by atoms with Gasteiger partial charge in [-0.1, -0.05) is 23.7 Å². The Kier molecular flexibility index (Phi) is 11.2. The fourth-order valence-electron chi connectivity index (χ4n) is 2.49. The van der Waals surface area contributed by atoms with Crippen LogP contribution >= 0.6 is 47.3 Å². The van der Waals surface area contributed by atoms with Crippen LogP contribution in [0, 0.1) is 0 Å². The van der Waals surface area contributed by atoms with Crippen LogP contribution in [0.25, 0.3) is 0 Å². The van der Waals surface area contributed by atoms with Crippen molar-refractivity contribution in [2.24, 2.45) is 4.99 Å². The molecular weight excluding hydrogens is 507 g/mol. The second-order valence-electron chi connectivity index (χ2n) is 5.63. The Morgan fingerprint density at radius 2 is 1.96 bits per heavy atom. The summed E-state index contributed by atoms with van der Waals surface area (Å²) in [6.07, 6.45) is 0.811.